The molecule has 3 N–H and O–H groups in total. The van der Waals surface area contributed by atoms with Crippen molar-refractivity contribution in [3.05, 3.63) is 28.2 Å². The Kier molecular flexibility index (Phi) is 5.22. The number of hydrogen-bond acceptors (Lipinski definition) is 3. The average molecular weight is 356 g/mol. The normalized spacial score (nSPS) is 22.3. The lowest BCUT2D eigenvalue weighted by atomic mass is 9.94. The van der Waals surface area contributed by atoms with Crippen molar-refractivity contribution in [2.24, 2.45) is 5.92 Å². The molecule has 0 spiro atoms. The van der Waals surface area contributed by atoms with Crippen molar-refractivity contribution in [1.82, 2.24) is 5.32 Å². The van der Waals surface area contributed by atoms with Gasteiger partial charge in [-0.2, -0.15) is 0 Å². The van der Waals surface area contributed by atoms with Gasteiger partial charge in [-0.3, -0.25) is 9.59 Å². The standard InChI is InChI=1S/C15H18BrNO4/c16-9-6-7-11(13(18)8-9)14(19)17-12-5-3-1-2-4-10(12)15(20)21/h6-8,10,12,18H,1-5H2,(H,17,19)(H,20,21). The first kappa shape index (κ1) is 15.8. The third-order valence-corrected chi connectivity index (χ3v) is 4.35. The van der Waals surface area contributed by atoms with Crippen molar-refractivity contribution in [1.29, 1.82) is 0 Å². The van der Waals surface area contributed by atoms with Gasteiger partial charge in [-0.25, -0.2) is 0 Å². The molecule has 2 atom stereocenters. The molecule has 0 aromatic heterocycles. The Balaban J connectivity index is 2.14. The van der Waals surface area contributed by atoms with E-state index in [0.29, 0.717) is 17.3 Å². The van der Waals surface area contributed by atoms with Crippen molar-refractivity contribution in [3.8, 4) is 5.75 Å². The lowest BCUT2D eigenvalue weighted by Crippen LogP contribution is -2.42. The van der Waals surface area contributed by atoms with Crippen LogP contribution in [0.15, 0.2) is 22.7 Å². The molecule has 114 valence electrons. The van der Waals surface area contributed by atoms with Crippen LogP contribution in [0.3, 0.4) is 0 Å². The number of carboxylic acids is 1. The van der Waals surface area contributed by atoms with Crippen LogP contribution in [0.1, 0.15) is 42.5 Å². The van der Waals surface area contributed by atoms with Crippen molar-refractivity contribution >= 4 is 27.8 Å². The van der Waals surface area contributed by atoms with Gasteiger partial charge >= 0.3 is 5.97 Å². The van der Waals surface area contributed by atoms with E-state index >= 15 is 0 Å². The Hall–Kier alpha value is -1.56. The predicted molar refractivity (Wildman–Crippen MR) is 81.3 cm³/mol. The molecule has 1 saturated carbocycles. The highest BCUT2D eigenvalue weighted by Crippen LogP contribution is 2.26. The summed E-state index contributed by atoms with van der Waals surface area (Å²) in [5, 5.41) is 21.9. The Labute approximate surface area is 131 Å². The van der Waals surface area contributed by atoms with Crippen molar-refractivity contribution in [2.75, 3.05) is 0 Å². The van der Waals surface area contributed by atoms with Gasteiger partial charge in [0.1, 0.15) is 5.75 Å². The number of aromatic hydroxyl groups is 1. The summed E-state index contributed by atoms with van der Waals surface area (Å²) >= 11 is 3.21. The molecule has 2 rings (SSSR count). The average Bonchev–Trinajstić information content (AvgIpc) is 2.63. The molecule has 0 saturated heterocycles. The Morgan fingerprint density at radius 2 is 1.90 bits per heavy atom. The number of benzene rings is 1. The summed E-state index contributed by atoms with van der Waals surface area (Å²) < 4.78 is 0.675. The Bertz CT molecular complexity index is 546. The predicted octanol–water partition coefficient (Wildman–Crippen LogP) is 2.92. The fourth-order valence-corrected chi connectivity index (χ4v) is 3.07. The number of carbonyl (C=O) groups is 2. The van der Waals surface area contributed by atoms with Gasteiger partial charge in [-0.05, 0) is 31.0 Å². The molecule has 0 radical (unpaired) electrons. The molecule has 0 bridgehead atoms. The molecule has 1 aromatic rings. The molecule has 2 unspecified atom stereocenters. The fraction of sp³-hybridized carbons (Fsp3) is 0.467. The van der Waals surface area contributed by atoms with E-state index in [4.69, 9.17) is 0 Å². The molecule has 1 aliphatic carbocycles. The van der Waals surface area contributed by atoms with Crippen molar-refractivity contribution in [2.45, 2.75) is 38.1 Å². The summed E-state index contributed by atoms with van der Waals surface area (Å²) in [5.41, 5.74) is 0.159. The van der Waals surface area contributed by atoms with Gasteiger partial charge in [-0.1, -0.05) is 35.2 Å². The number of phenols is 1. The number of carboxylic acid groups (broad SMARTS) is 1. The first-order valence-corrected chi connectivity index (χ1v) is 7.80. The van der Waals surface area contributed by atoms with Crippen LogP contribution in [0.25, 0.3) is 0 Å². The number of carbonyl (C=O) groups excluding carboxylic acids is 1. The van der Waals surface area contributed by atoms with E-state index < -0.39 is 17.8 Å². The molecular formula is C15H18BrNO4. The van der Waals surface area contributed by atoms with Gasteiger partial charge in [-0.15, -0.1) is 0 Å². The molecule has 0 heterocycles. The van der Waals surface area contributed by atoms with E-state index in [-0.39, 0.29) is 17.4 Å². The maximum Gasteiger partial charge on any atom is 0.308 e. The lowest BCUT2D eigenvalue weighted by Gasteiger charge is -2.23. The zero-order valence-corrected chi connectivity index (χ0v) is 13.1. The topological polar surface area (TPSA) is 86.6 Å². The lowest BCUT2D eigenvalue weighted by molar-refractivity contribution is -0.142. The SMILES string of the molecule is O=C(NC1CCCCCC1C(=O)O)c1ccc(Br)cc1O. The molecule has 1 fully saturated rings. The quantitative estimate of drug-likeness (QED) is 0.727. The van der Waals surface area contributed by atoms with E-state index in [1.165, 1.54) is 12.1 Å². The molecule has 6 heteroatoms. The van der Waals surface area contributed by atoms with E-state index in [1.54, 1.807) is 6.07 Å². The molecule has 1 aromatic carbocycles. The van der Waals surface area contributed by atoms with E-state index in [2.05, 4.69) is 21.2 Å². The van der Waals surface area contributed by atoms with Crippen molar-refractivity contribution in [3.63, 3.8) is 0 Å². The summed E-state index contributed by atoms with van der Waals surface area (Å²) in [6.45, 7) is 0. The van der Waals surface area contributed by atoms with Crippen LogP contribution >= 0.6 is 15.9 Å². The van der Waals surface area contributed by atoms with E-state index in [9.17, 15) is 19.8 Å². The van der Waals surface area contributed by atoms with Crippen LogP contribution in [0.2, 0.25) is 0 Å². The molecule has 1 aliphatic rings. The first-order chi connectivity index (χ1) is 9.99. The van der Waals surface area contributed by atoms with Gasteiger partial charge in [0.05, 0.1) is 11.5 Å². The summed E-state index contributed by atoms with van der Waals surface area (Å²) in [6, 6.07) is 4.23. The minimum absolute atomic E-state index is 0.123. The smallest absolute Gasteiger partial charge is 0.308 e. The summed E-state index contributed by atoms with van der Waals surface area (Å²) in [5.74, 6) is -1.99. The number of phenolic OH excluding ortho intramolecular Hbond substituents is 1. The third kappa shape index (κ3) is 3.97. The zero-order valence-electron chi connectivity index (χ0n) is 11.5. The molecule has 21 heavy (non-hydrogen) atoms. The Morgan fingerprint density at radius 3 is 2.57 bits per heavy atom. The fourth-order valence-electron chi connectivity index (χ4n) is 2.72. The summed E-state index contributed by atoms with van der Waals surface area (Å²) in [7, 11) is 0. The summed E-state index contributed by atoms with van der Waals surface area (Å²) in [4.78, 5) is 23.6. The molecular weight excluding hydrogens is 338 g/mol. The second-order valence-corrected chi connectivity index (χ2v) is 6.24. The monoisotopic (exact) mass is 355 g/mol. The minimum Gasteiger partial charge on any atom is -0.507 e. The highest BCUT2D eigenvalue weighted by molar-refractivity contribution is 9.10. The molecule has 5 nitrogen and oxygen atoms in total. The summed E-state index contributed by atoms with van der Waals surface area (Å²) in [6.07, 6.45) is 3.99. The van der Waals surface area contributed by atoms with Crippen LogP contribution in [0.4, 0.5) is 0 Å². The van der Waals surface area contributed by atoms with E-state index in [1.807, 2.05) is 0 Å². The van der Waals surface area contributed by atoms with Gasteiger partial charge in [0.25, 0.3) is 5.91 Å². The molecule has 1 amide bonds. The number of hydrogen-bond donors (Lipinski definition) is 3. The van der Waals surface area contributed by atoms with E-state index in [0.717, 1.165) is 19.3 Å². The van der Waals surface area contributed by atoms with Gasteiger partial charge in [0.2, 0.25) is 0 Å². The highest BCUT2D eigenvalue weighted by atomic mass is 79.9. The largest absolute Gasteiger partial charge is 0.507 e. The number of aliphatic carboxylic acids is 1. The number of halogens is 1. The first-order valence-electron chi connectivity index (χ1n) is 7.01. The number of rotatable bonds is 3. The number of nitrogens with one attached hydrogen (secondary N) is 1. The van der Waals surface area contributed by atoms with Crippen LogP contribution in [-0.2, 0) is 4.79 Å². The van der Waals surface area contributed by atoms with Crippen LogP contribution in [-0.4, -0.2) is 28.1 Å². The second-order valence-electron chi connectivity index (χ2n) is 5.32. The highest BCUT2D eigenvalue weighted by Gasteiger charge is 2.31. The van der Waals surface area contributed by atoms with Gasteiger partial charge < -0.3 is 15.5 Å². The van der Waals surface area contributed by atoms with Crippen molar-refractivity contribution < 1.29 is 19.8 Å². The third-order valence-electron chi connectivity index (χ3n) is 3.85. The van der Waals surface area contributed by atoms with Crippen LogP contribution in [0.5, 0.6) is 5.75 Å². The second kappa shape index (κ2) is 6.93. The Morgan fingerprint density at radius 1 is 1.19 bits per heavy atom. The van der Waals surface area contributed by atoms with Gasteiger partial charge in [0.15, 0.2) is 0 Å². The maximum atomic E-state index is 12.2. The van der Waals surface area contributed by atoms with Gasteiger partial charge in [0, 0.05) is 10.5 Å². The zero-order chi connectivity index (χ0) is 15.4. The van der Waals surface area contributed by atoms with Crippen LogP contribution < -0.4 is 5.32 Å². The van der Waals surface area contributed by atoms with Crippen LogP contribution in [0, 0.1) is 5.92 Å². The number of amides is 1. The maximum absolute atomic E-state index is 12.2. The molecule has 0 aliphatic heterocycles. The minimum atomic E-state index is -0.873.